The molecule has 1 atom stereocenters. The summed E-state index contributed by atoms with van der Waals surface area (Å²) < 4.78 is 26.3. The van der Waals surface area contributed by atoms with Crippen LogP contribution in [0, 0.1) is 5.82 Å². The Hall–Kier alpha value is -1.11. The first-order chi connectivity index (χ1) is 9.97. The number of halogens is 3. The summed E-state index contributed by atoms with van der Waals surface area (Å²) in [6.07, 6.45) is 0. The molecule has 3 nitrogen and oxygen atoms in total. The molecule has 0 aliphatic heterocycles. The fourth-order valence-corrected chi connectivity index (χ4v) is 3.32. The highest BCUT2D eigenvalue weighted by Crippen LogP contribution is 2.36. The third-order valence-electron chi connectivity index (χ3n) is 3.14. The number of benzene rings is 2. The summed E-state index contributed by atoms with van der Waals surface area (Å²) in [6.45, 7) is 0. The highest BCUT2D eigenvalue weighted by molar-refractivity contribution is 9.11. The summed E-state index contributed by atoms with van der Waals surface area (Å²) in [4.78, 5) is 0. The van der Waals surface area contributed by atoms with E-state index in [0.29, 0.717) is 17.1 Å². The lowest BCUT2D eigenvalue weighted by molar-refractivity contribution is 0.351. The standard InChI is InChI=1S/C15H14Br2FNO2/c1-20-13-6-10(12(18)7-14(13)21-2)15(19)9-4-3-8(16)5-11(9)17/h3-7,15H,19H2,1-2H3. The van der Waals surface area contributed by atoms with E-state index < -0.39 is 11.9 Å². The maximum Gasteiger partial charge on any atom is 0.163 e. The topological polar surface area (TPSA) is 44.5 Å². The van der Waals surface area contributed by atoms with Crippen LogP contribution < -0.4 is 15.2 Å². The van der Waals surface area contributed by atoms with Gasteiger partial charge in [0.2, 0.25) is 0 Å². The largest absolute Gasteiger partial charge is 0.493 e. The summed E-state index contributed by atoms with van der Waals surface area (Å²) in [5.74, 6) is 0.341. The van der Waals surface area contributed by atoms with Crippen molar-refractivity contribution < 1.29 is 13.9 Å². The van der Waals surface area contributed by atoms with Gasteiger partial charge in [-0.2, -0.15) is 0 Å². The molecule has 0 saturated heterocycles. The highest BCUT2D eigenvalue weighted by Gasteiger charge is 2.19. The van der Waals surface area contributed by atoms with Crippen molar-refractivity contribution in [2.45, 2.75) is 6.04 Å². The molecule has 0 spiro atoms. The van der Waals surface area contributed by atoms with Crippen LogP contribution in [0.3, 0.4) is 0 Å². The zero-order chi connectivity index (χ0) is 15.6. The predicted molar refractivity (Wildman–Crippen MR) is 87.4 cm³/mol. The molecule has 21 heavy (non-hydrogen) atoms. The Morgan fingerprint density at radius 3 is 2.19 bits per heavy atom. The quantitative estimate of drug-likeness (QED) is 0.799. The van der Waals surface area contributed by atoms with Gasteiger partial charge in [0.15, 0.2) is 11.5 Å². The first kappa shape index (κ1) is 16.3. The molecular weight excluding hydrogens is 405 g/mol. The van der Waals surface area contributed by atoms with Crippen LogP contribution in [-0.2, 0) is 0 Å². The minimum atomic E-state index is -0.618. The van der Waals surface area contributed by atoms with Gasteiger partial charge in [0.25, 0.3) is 0 Å². The van der Waals surface area contributed by atoms with E-state index >= 15 is 0 Å². The van der Waals surface area contributed by atoms with Crippen molar-refractivity contribution in [2.24, 2.45) is 5.73 Å². The molecule has 0 bridgehead atoms. The molecule has 1 unspecified atom stereocenters. The second kappa shape index (κ2) is 6.77. The third-order valence-corrected chi connectivity index (χ3v) is 4.32. The van der Waals surface area contributed by atoms with Crippen molar-refractivity contribution in [3.8, 4) is 11.5 Å². The maximum absolute atomic E-state index is 14.3. The molecule has 0 heterocycles. The van der Waals surface area contributed by atoms with E-state index in [1.54, 1.807) is 6.07 Å². The van der Waals surface area contributed by atoms with Gasteiger partial charge in [0.1, 0.15) is 5.82 Å². The lowest BCUT2D eigenvalue weighted by Gasteiger charge is -2.18. The average molecular weight is 419 g/mol. The Balaban J connectivity index is 2.50. The summed E-state index contributed by atoms with van der Waals surface area (Å²) in [6, 6.07) is 7.79. The van der Waals surface area contributed by atoms with Gasteiger partial charge >= 0.3 is 0 Å². The summed E-state index contributed by atoms with van der Waals surface area (Å²) in [5.41, 5.74) is 7.33. The normalized spacial score (nSPS) is 12.1. The Bertz CT molecular complexity index is 664. The molecular formula is C15H14Br2FNO2. The smallest absolute Gasteiger partial charge is 0.163 e. The molecule has 6 heteroatoms. The summed E-state index contributed by atoms with van der Waals surface area (Å²) >= 11 is 6.82. The zero-order valence-corrected chi connectivity index (χ0v) is 14.7. The fourth-order valence-electron chi connectivity index (χ4n) is 2.03. The molecule has 0 aromatic heterocycles. The minimum absolute atomic E-state index is 0.334. The van der Waals surface area contributed by atoms with Crippen molar-refractivity contribution >= 4 is 31.9 Å². The number of rotatable bonds is 4. The molecule has 2 N–H and O–H groups in total. The van der Waals surface area contributed by atoms with Crippen LogP contribution in [0.4, 0.5) is 4.39 Å². The Kier molecular flexibility index (Phi) is 5.24. The second-order valence-corrected chi connectivity index (χ2v) is 6.14. The molecule has 0 fully saturated rings. The fraction of sp³-hybridized carbons (Fsp3) is 0.200. The summed E-state index contributed by atoms with van der Waals surface area (Å²) in [7, 11) is 2.96. The molecule has 0 saturated carbocycles. The predicted octanol–water partition coefficient (Wildman–Crippen LogP) is 4.42. The first-order valence-electron chi connectivity index (χ1n) is 6.10. The zero-order valence-electron chi connectivity index (χ0n) is 11.5. The van der Waals surface area contributed by atoms with Crippen molar-refractivity contribution in [3.63, 3.8) is 0 Å². The van der Waals surface area contributed by atoms with Crippen molar-refractivity contribution in [1.29, 1.82) is 0 Å². The molecule has 112 valence electrons. The van der Waals surface area contributed by atoms with Crippen molar-refractivity contribution in [3.05, 3.63) is 56.2 Å². The van der Waals surface area contributed by atoms with E-state index in [0.717, 1.165) is 14.5 Å². The molecule has 0 aliphatic rings. The highest BCUT2D eigenvalue weighted by atomic mass is 79.9. The number of methoxy groups -OCH3 is 2. The van der Waals surface area contributed by atoms with Crippen LogP contribution in [0.5, 0.6) is 11.5 Å². The monoisotopic (exact) mass is 417 g/mol. The van der Waals surface area contributed by atoms with Crippen LogP contribution in [0.25, 0.3) is 0 Å². The van der Waals surface area contributed by atoms with E-state index in [4.69, 9.17) is 15.2 Å². The second-order valence-electron chi connectivity index (χ2n) is 4.37. The average Bonchev–Trinajstić information content (AvgIpc) is 2.46. The number of hydrogen-bond donors (Lipinski definition) is 1. The van der Waals surface area contributed by atoms with Gasteiger partial charge in [-0.3, -0.25) is 0 Å². The molecule has 0 amide bonds. The van der Waals surface area contributed by atoms with Gasteiger partial charge < -0.3 is 15.2 Å². The SMILES string of the molecule is COc1cc(F)c(C(N)c2ccc(Br)cc2Br)cc1OC. The van der Waals surface area contributed by atoms with Crippen LogP contribution in [-0.4, -0.2) is 14.2 Å². The van der Waals surface area contributed by atoms with Gasteiger partial charge in [-0.1, -0.05) is 37.9 Å². The van der Waals surface area contributed by atoms with E-state index in [2.05, 4.69) is 31.9 Å². The molecule has 2 rings (SSSR count). The van der Waals surface area contributed by atoms with E-state index in [1.165, 1.54) is 20.3 Å². The van der Waals surface area contributed by atoms with E-state index in [1.807, 2.05) is 18.2 Å². The molecule has 0 radical (unpaired) electrons. The Morgan fingerprint density at radius 1 is 1.00 bits per heavy atom. The lowest BCUT2D eigenvalue weighted by Crippen LogP contribution is -2.14. The van der Waals surface area contributed by atoms with Gasteiger partial charge in [-0.15, -0.1) is 0 Å². The third kappa shape index (κ3) is 3.39. The minimum Gasteiger partial charge on any atom is -0.493 e. The molecule has 2 aromatic carbocycles. The number of nitrogens with two attached hydrogens (primary N) is 1. The van der Waals surface area contributed by atoms with Gasteiger partial charge in [-0.25, -0.2) is 4.39 Å². The Morgan fingerprint density at radius 2 is 1.62 bits per heavy atom. The van der Waals surface area contributed by atoms with Gasteiger partial charge in [-0.05, 0) is 23.8 Å². The van der Waals surface area contributed by atoms with Crippen LogP contribution >= 0.6 is 31.9 Å². The molecule has 0 aliphatic carbocycles. The van der Waals surface area contributed by atoms with Crippen LogP contribution in [0.15, 0.2) is 39.3 Å². The van der Waals surface area contributed by atoms with E-state index in [9.17, 15) is 4.39 Å². The molecule has 2 aromatic rings. The summed E-state index contributed by atoms with van der Waals surface area (Å²) in [5, 5.41) is 0. The number of hydrogen-bond acceptors (Lipinski definition) is 3. The maximum atomic E-state index is 14.3. The van der Waals surface area contributed by atoms with Crippen molar-refractivity contribution in [1.82, 2.24) is 0 Å². The first-order valence-corrected chi connectivity index (χ1v) is 7.68. The number of ether oxygens (including phenoxy) is 2. The van der Waals surface area contributed by atoms with Crippen LogP contribution in [0.1, 0.15) is 17.2 Å². The van der Waals surface area contributed by atoms with Crippen LogP contribution in [0.2, 0.25) is 0 Å². The van der Waals surface area contributed by atoms with Crippen molar-refractivity contribution in [2.75, 3.05) is 14.2 Å². The Labute approximate surface area is 139 Å². The van der Waals surface area contributed by atoms with Gasteiger partial charge in [0, 0.05) is 20.6 Å². The van der Waals surface area contributed by atoms with Gasteiger partial charge in [0.05, 0.1) is 20.3 Å². The van der Waals surface area contributed by atoms with E-state index in [-0.39, 0.29) is 0 Å². The lowest BCUT2D eigenvalue weighted by atomic mass is 9.98.